The van der Waals surface area contributed by atoms with Crippen LogP contribution in [-0.2, 0) is 24.3 Å². The van der Waals surface area contributed by atoms with Crippen LogP contribution in [-0.4, -0.2) is 31.4 Å². The first kappa shape index (κ1) is 26.3. The largest absolute Gasteiger partial charge is 0.516 e. The minimum absolute atomic E-state index is 0.00563. The van der Waals surface area contributed by atoms with Gasteiger partial charge in [-0.1, -0.05) is 41.5 Å². The Balaban J connectivity index is 1.93. The molecule has 2 atom stereocenters. The summed E-state index contributed by atoms with van der Waals surface area (Å²) >= 11 is 0. The molecule has 0 aromatic rings. The molecule has 0 spiro atoms. The standard InChI is InChI=1S/C23H36F3NO5S/c1-18(2,3)20(7,19(4,5)6)17(29)32-22-11-14-8-15(12-22)10-21(9-14,13-22)16(28)27-33(30,31)23(24,25)26/h14-15H,8-13H2,1-7H3,(H,27,28). The van der Waals surface area contributed by atoms with Crippen LogP contribution >= 0.6 is 0 Å². The fourth-order valence-corrected chi connectivity index (χ4v) is 7.46. The molecule has 4 fully saturated rings. The highest BCUT2D eigenvalue weighted by molar-refractivity contribution is 7.90. The topological polar surface area (TPSA) is 89.5 Å². The predicted molar refractivity (Wildman–Crippen MR) is 116 cm³/mol. The Morgan fingerprint density at radius 2 is 1.33 bits per heavy atom. The lowest BCUT2D eigenvalue weighted by molar-refractivity contribution is -0.221. The van der Waals surface area contributed by atoms with Crippen molar-refractivity contribution in [3.63, 3.8) is 0 Å². The van der Waals surface area contributed by atoms with E-state index in [1.807, 2.05) is 48.5 Å². The van der Waals surface area contributed by atoms with Gasteiger partial charge in [0.2, 0.25) is 5.91 Å². The average Bonchev–Trinajstić information content (AvgIpc) is 2.55. The fraction of sp³-hybridized carbons (Fsp3) is 0.913. The molecule has 0 aliphatic heterocycles. The molecular formula is C23H36F3NO5S. The highest BCUT2D eigenvalue weighted by atomic mass is 32.2. The van der Waals surface area contributed by atoms with Gasteiger partial charge in [0.15, 0.2) is 0 Å². The summed E-state index contributed by atoms with van der Waals surface area (Å²) < 4.78 is 69.5. The summed E-state index contributed by atoms with van der Waals surface area (Å²) in [4.78, 5) is 26.7. The van der Waals surface area contributed by atoms with E-state index in [4.69, 9.17) is 4.74 Å². The molecule has 4 saturated carbocycles. The molecule has 0 saturated heterocycles. The monoisotopic (exact) mass is 495 g/mol. The van der Waals surface area contributed by atoms with Gasteiger partial charge < -0.3 is 4.74 Å². The van der Waals surface area contributed by atoms with E-state index >= 15 is 0 Å². The lowest BCUT2D eigenvalue weighted by atomic mass is 9.47. The molecule has 2 unspecified atom stereocenters. The zero-order valence-corrected chi connectivity index (χ0v) is 21.3. The second kappa shape index (κ2) is 7.34. The minimum atomic E-state index is -5.80. The zero-order valence-electron chi connectivity index (χ0n) is 20.5. The Bertz CT molecular complexity index is 915. The third-order valence-corrected chi connectivity index (χ3v) is 9.80. The second-order valence-electron chi connectivity index (χ2n) is 12.8. The Morgan fingerprint density at radius 1 is 0.879 bits per heavy atom. The molecule has 0 aromatic heterocycles. The van der Waals surface area contributed by atoms with E-state index in [1.54, 1.807) is 0 Å². The molecule has 4 bridgehead atoms. The molecule has 1 amide bonds. The number of halogens is 3. The van der Waals surface area contributed by atoms with Gasteiger partial charge in [-0.3, -0.25) is 9.59 Å². The molecule has 1 N–H and O–H groups in total. The summed E-state index contributed by atoms with van der Waals surface area (Å²) in [7, 11) is -5.80. The summed E-state index contributed by atoms with van der Waals surface area (Å²) in [6.45, 7) is 13.7. The van der Waals surface area contributed by atoms with Gasteiger partial charge in [0, 0.05) is 6.42 Å². The molecule has 0 aromatic carbocycles. The first-order valence-electron chi connectivity index (χ1n) is 11.4. The van der Waals surface area contributed by atoms with Crippen LogP contribution < -0.4 is 4.72 Å². The maximum absolute atomic E-state index is 13.7. The number of esters is 1. The molecule has 0 radical (unpaired) electrons. The lowest BCUT2D eigenvalue weighted by Gasteiger charge is -2.61. The van der Waals surface area contributed by atoms with E-state index < -0.39 is 48.7 Å². The minimum Gasteiger partial charge on any atom is -0.459 e. The number of carbonyl (C=O) groups is 2. The van der Waals surface area contributed by atoms with Crippen molar-refractivity contribution in [1.29, 1.82) is 0 Å². The third kappa shape index (κ3) is 4.18. The maximum Gasteiger partial charge on any atom is 0.516 e. The van der Waals surface area contributed by atoms with E-state index in [-0.39, 0.29) is 24.2 Å². The highest BCUT2D eigenvalue weighted by Crippen LogP contribution is 2.64. The van der Waals surface area contributed by atoms with E-state index in [0.29, 0.717) is 25.7 Å². The Labute approximate surface area is 194 Å². The second-order valence-corrected chi connectivity index (χ2v) is 14.5. The van der Waals surface area contributed by atoms with Gasteiger partial charge in [-0.25, -0.2) is 4.72 Å². The normalized spacial score (nSPS) is 32.5. The first-order valence-corrected chi connectivity index (χ1v) is 12.9. The Kier molecular flexibility index (Phi) is 5.85. The number of nitrogens with one attached hydrogen (secondary N) is 1. The summed E-state index contributed by atoms with van der Waals surface area (Å²) in [6, 6.07) is 0. The van der Waals surface area contributed by atoms with Gasteiger partial charge in [-0.15, -0.1) is 0 Å². The highest BCUT2D eigenvalue weighted by Gasteiger charge is 2.65. The van der Waals surface area contributed by atoms with Gasteiger partial charge in [0.1, 0.15) is 5.60 Å². The molecule has 0 heterocycles. The van der Waals surface area contributed by atoms with E-state index in [1.165, 1.54) is 4.72 Å². The summed E-state index contributed by atoms with van der Waals surface area (Å²) in [5.74, 6) is -1.53. The molecule has 4 aliphatic rings. The van der Waals surface area contributed by atoms with Crippen molar-refractivity contribution >= 4 is 21.9 Å². The average molecular weight is 496 g/mol. The number of alkyl halides is 3. The number of amides is 1. The molecule has 190 valence electrons. The SMILES string of the molecule is CC(C)(C)C(C)(C(=O)OC12CC3CC(C1)CC(C(=O)NS(=O)(=O)C(F)(F)F)(C3)C2)C(C)(C)C. The van der Waals surface area contributed by atoms with Gasteiger partial charge in [-0.05, 0) is 61.7 Å². The van der Waals surface area contributed by atoms with Crippen LogP contribution in [0.15, 0.2) is 0 Å². The van der Waals surface area contributed by atoms with E-state index in [2.05, 4.69) is 0 Å². The number of sulfonamides is 1. The van der Waals surface area contributed by atoms with Crippen LogP contribution in [0.4, 0.5) is 13.2 Å². The van der Waals surface area contributed by atoms with Crippen molar-refractivity contribution in [2.75, 3.05) is 0 Å². The third-order valence-electron chi connectivity index (χ3n) is 8.74. The number of carbonyl (C=O) groups excluding carboxylic acids is 2. The number of ether oxygens (including phenoxy) is 1. The van der Waals surface area contributed by atoms with Crippen LogP contribution in [0.5, 0.6) is 0 Å². The van der Waals surface area contributed by atoms with Crippen LogP contribution in [0.2, 0.25) is 0 Å². The number of hydrogen-bond donors (Lipinski definition) is 1. The van der Waals surface area contributed by atoms with E-state index in [0.717, 1.165) is 6.42 Å². The maximum atomic E-state index is 13.7. The van der Waals surface area contributed by atoms with Gasteiger partial charge in [0.05, 0.1) is 10.8 Å². The summed E-state index contributed by atoms with van der Waals surface area (Å²) in [5.41, 5.74) is -9.60. The quantitative estimate of drug-likeness (QED) is 0.559. The lowest BCUT2D eigenvalue weighted by Crippen LogP contribution is -2.63. The fourth-order valence-electron chi connectivity index (χ4n) is 6.89. The molecule has 10 heteroatoms. The molecule has 4 aliphatic carbocycles. The Hall–Kier alpha value is -1.32. The van der Waals surface area contributed by atoms with Crippen molar-refractivity contribution in [3.05, 3.63) is 0 Å². The summed E-state index contributed by atoms with van der Waals surface area (Å²) in [5, 5.41) is 0. The number of rotatable bonds is 4. The van der Waals surface area contributed by atoms with Gasteiger partial charge in [-0.2, -0.15) is 21.6 Å². The molecule has 6 nitrogen and oxygen atoms in total. The smallest absolute Gasteiger partial charge is 0.459 e. The van der Waals surface area contributed by atoms with Gasteiger partial charge in [0.25, 0.3) is 0 Å². The van der Waals surface area contributed by atoms with Crippen LogP contribution in [0.3, 0.4) is 0 Å². The Morgan fingerprint density at radius 3 is 1.73 bits per heavy atom. The van der Waals surface area contributed by atoms with Gasteiger partial charge >= 0.3 is 21.5 Å². The zero-order chi connectivity index (χ0) is 25.5. The van der Waals surface area contributed by atoms with Crippen LogP contribution in [0.1, 0.15) is 87.0 Å². The summed E-state index contributed by atoms with van der Waals surface area (Å²) in [6.07, 6.45) is 2.54. The predicted octanol–water partition coefficient (Wildman–Crippen LogP) is 4.93. The van der Waals surface area contributed by atoms with E-state index in [9.17, 15) is 31.2 Å². The number of hydrogen-bond acceptors (Lipinski definition) is 5. The van der Waals surface area contributed by atoms with Crippen molar-refractivity contribution < 1.29 is 35.9 Å². The molecule has 33 heavy (non-hydrogen) atoms. The molecule has 4 rings (SSSR count). The molecular weight excluding hydrogens is 459 g/mol. The van der Waals surface area contributed by atoms with Crippen LogP contribution in [0, 0.1) is 33.5 Å². The first-order chi connectivity index (χ1) is 14.6. The van der Waals surface area contributed by atoms with Crippen molar-refractivity contribution in [1.82, 2.24) is 4.72 Å². The van der Waals surface area contributed by atoms with Crippen LogP contribution in [0.25, 0.3) is 0 Å². The van der Waals surface area contributed by atoms with Crippen molar-refractivity contribution in [3.8, 4) is 0 Å². The van der Waals surface area contributed by atoms with Crippen molar-refractivity contribution in [2.24, 2.45) is 33.5 Å². The van der Waals surface area contributed by atoms with Crippen molar-refractivity contribution in [2.45, 2.75) is 98.1 Å².